The summed E-state index contributed by atoms with van der Waals surface area (Å²) < 4.78 is 22.1. The normalized spacial score (nSPS) is 14.0. The molecule has 0 saturated carbocycles. The lowest BCUT2D eigenvalue weighted by molar-refractivity contribution is -0.123. The fourth-order valence-corrected chi connectivity index (χ4v) is 4.69. The van der Waals surface area contributed by atoms with Gasteiger partial charge in [-0.05, 0) is 65.8 Å². The Morgan fingerprint density at radius 2 is 1.62 bits per heavy atom. The van der Waals surface area contributed by atoms with Crippen molar-refractivity contribution < 1.29 is 28.5 Å². The summed E-state index contributed by atoms with van der Waals surface area (Å²) in [7, 11) is 4.54. The third-order valence-corrected chi connectivity index (χ3v) is 6.66. The molecule has 1 saturated heterocycles. The van der Waals surface area contributed by atoms with Crippen LogP contribution in [0.5, 0.6) is 23.0 Å². The summed E-state index contributed by atoms with van der Waals surface area (Å²) in [5, 5.41) is 1.06. The van der Waals surface area contributed by atoms with Gasteiger partial charge in [-0.2, -0.15) is 5.01 Å². The highest BCUT2D eigenvalue weighted by Gasteiger charge is 2.34. The minimum Gasteiger partial charge on any atom is -0.493 e. The van der Waals surface area contributed by atoms with Crippen LogP contribution in [0.2, 0.25) is 0 Å². The number of nitrogens with zero attached hydrogens (tertiary/aromatic N) is 1. The monoisotopic (exact) mass is 536 g/mol. The molecule has 0 bridgehead atoms. The summed E-state index contributed by atoms with van der Waals surface area (Å²) in [4.78, 5) is 26.2. The summed E-state index contributed by atoms with van der Waals surface area (Å²) in [6.07, 6.45) is 1.65. The van der Waals surface area contributed by atoms with E-state index in [2.05, 4.69) is 5.43 Å². The molecule has 10 heteroatoms. The van der Waals surface area contributed by atoms with Crippen LogP contribution in [0.4, 0.5) is 0 Å². The lowest BCUT2D eigenvalue weighted by Crippen LogP contribution is -2.44. The van der Waals surface area contributed by atoms with Crippen molar-refractivity contribution in [3.63, 3.8) is 0 Å². The van der Waals surface area contributed by atoms with E-state index in [1.54, 1.807) is 42.5 Å². The van der Waals surface area contributed by atoms with Gasteiger partial charge < -0.3 is 18.9 Å². The summed E-state index contributed by atoms with van der Waals surface area (Å²) in [5.74, 6) is 1.05. The van der Waals surface area contributed by atoms with E-state index in [1.165, 1.54) is 21.3 Å². The Kier molecular flexibility index (Phi) is 8.32. The first-order valence-corrected chi connectivity index (χ1v) is 12.3. The quantitative estimate of drug-likeness (QED) is 0.307. The number of thioether (sulfide) groups is 1. The summed E-state index contributed by atoms with van der Waals surface area (Å²) in [6, 6.07) is 19.9. The van der Waals surface area contributed by atoms with Crippen LogP contribution in [0.1, 0.15) is 21.5 Å². The summed E-state index contributed by atoms with van der Waals surface area (Å²) >= 11 is 6.42. The van der Waals surface area contributed by atoms with Crippen LogP contribution in [-0.2, 0) is 11.4 Å². The zero-order chi connectivity index (χ0) is 26.4. The van der Waals surface area contributed by atoms with Gasteiger partial charge in [-0.1, -0.05) is 42.1 Å². The number of methoxy groups -OCH3 is 3. The van der Waals surface area contributed by atoms with Crippen molar-refractivity contribution >= 4 is 46.2 Å². The van der Waals surface area contributed by atoms with E-state index in [0.717, 1.165) is 22.3 Å². The van der Waals surface area contributed by atoms with Crippen molar-refractivity contribution in [1.29, 1.82) is 0 Å². The minimum atomic E-state index is -0.472. The maximum Gasteiger partial charge on any atom is 0.285 e. The molecule has 1 heterocycles. The molecule has 0 spiro atoms. The van der Waals surface area contributed by atoms with Gasteiger partial charge in [-0.3, -0.25) is 15.0 Å². The van der Waals surface area contributed by atoms with E-state index in [9.17, 15) is 9.59 Å². The van der Waals surface area contributed by atoms with Gasteiger partial charge in [0.05, 0.1) is 26.2 Å². The molecular formula is C27H24N2O6S2. The zero-order valence-corrected chi connectivity index (χ0v) is 22.0. The molecule has 4 rings (SSSR count). The lowest BCUT2D eigenvalue weighted by Gasteiger charge is -2.16. The van der Waals surface area contributed by atoms with Crippen LogP contribution >= 0.6 is 24.0 Å². The zero-order valence-electron chi connectivity index (χ0n) is 20.3. The van der Waals surface area contributed by atoms with Crippen molar-refractivity contribution in [1.82, 2.24) is 10.4 Å². The van der Waals surface area contributed by atoms with E-state index < -0.39 is 11.8 Å². The molecule has 190 valence electrons. The minimum absolute atomic E-state index is 0.208. The first-order chi connectivity index (χ1) is 17.9. The Bertz CT molecular complexity index is 1320. The van der Waals surface area contributed by atoms with Crippen LogP contribution in [0.15, 0.2) is 71.6 Å². The second-order valence-corrected chi connectivity index (χ2v) is 9.39. The standard InChI is InChI=1S/C27H24N2O6S2/c1-32-21-13-18(14-22(33-2)24(21)34-3)15-23-26(31)29(27(36)37-23)28-25(30)19-9-11-20(12-10-19)35-16-17-7-5-4-6-8-17/h4-15H,16H2,1-3H3,(H,28,30)/b23-15-. The van der Waals surface area contributed by atoms with Gasteiger partial charge in [0.25, 0.3) is 11.8 Å². The summed E-state index contributed by atoms with van der Waals surface area (Å²) in [6.45, 7) is 0.418. The second kappa shape index (κ2) is 11.8. The molecule has 8 nitrogen and oxygen atoms in total. The van der Waals surface area contributed by atoms with Gasteiger partial charge in [0, 0.05) is 5.56 Å². The highest BCUT2D eigenvalue weighted by atomic mass is 32.2. The van der Waals surface area contributed by atoms with E-state index >= 15 is 0 Å². The molecule has 0 aliphatic carbocycles. The number of hydrogen-bond acceptors (Lipinski definition) is 8. The van der Waals surface area contributed by atoms with Gasteiger partial charge in [-0.15, -0.1) is 0 Å². The van der Waals surface area contributed by atoms with Crippen LogP contribution in [0.25, 0.3) is 6.08 Å². The number of hydrogen-bond donors (Lipinski definition) is 1. The average molecular weight is 537 g/mol. The second-order valence-electron chi connectivity index (χ2n) is 7.72. The fourth-order valence-electron chi connectivity index (χ4n) is 3.51. The van der Waals surface area contributed by atoms with E-state index in [1.807, 2.05) is 30.3 Å². The number of hydrazine groups is 1. The van der Waals surface area contributed by atoms with E-state index in [4.69, 9.17) is 31.2 Å². The SMILES string of the molecule is COc1cc(/C=C2\SC(=S)N(NC(=O)c3ccc(OCc4ccccc4)cc3)C2=O)cc(OC)c1OC. The first-order valence-electron chi connectivity index (χ1n) is 11.1. The predicted molar refractivity (Wildman–Crippen MR) is 146 cm³/mol. The van der Waals surface area contributed by atoms with Crippen molar-refractivity contribution in [3.8, 4) is 23.0 Å². The number of rotatable bonds is 9. The molecule has 0 radical (unpaired) electrons. The molecule has 1 aliphatic rings. The Morgan fingerprint density at radius 3 is 2.22 bits per heavy atom. The molecule has 0 unspecified atom stereocenters. The number of nitrogens with one attached hydrogen (secondary N) is 1. The van der Waals surface area contributed by atoms with E-state index in [-0.39, 0.29) is 4.32 Å². The molecule has 0 aromatic heterocycles. The van der Waals surface area contributed by atoms with Crippen molar-refractivity contribution in [3.05, 3.63) is 88.3 Å². The number of ether oxygens (including phenoxy) is 4. The van der Waals surface area contributed by atoms with Crippen LogP contribution in [0.3, 0.4) is 0 Å². The van der Waals surface area contributed by atoms with Crippen LogP contribution in [-0.4, -0.2) is 42.5 Å². The van der Waals surface area contributed by atoms with Crippen LogP contribution < -0.4 is 24.4 Å². The maximum atomic E-state index is 13.0. The highest BCUT2D eigenvalue weighted by molar-refractivity contribution is 8.26. The summed E-state index contributed by atoms with van der Waals surface area (Å²) in [5.41, 5.74) is 4.62. The molecule has 3 aromatic rings. The average Bonchev–Trinajstić information content (AvgIpc) is 3.19. The van der Waals surface area contributed by atoms with E-state index in [0.29, 0.717) is 45.6 Å². The molecule has 37 heavy (non-hydrogen) atoms. The molecule has 0 atom stereocenters. The molecular weight excluding hydrogens is 512 g/mol. The molecule has 3 aromatic carbocycles. The van der Waals surface area contributed by atoms with Crippen LogP contribution in [0, 0.1) is 0 Å². The Morgan fingerprint density at radius 1 is 0.973 bits per heavy atom. The number of carbonyl (C=O) groups excluding carboxylic acids is 2. The lowest BCUT2D eigenvalue weighted by atomic mass is 10.1. The number of thiocarbonyl (C=S) groups is 1. The number of amides is 2. The number of benzene rings is 3. The third-order valence-electron chi connectivity index (χ3n) is 5.36. The van der Waals surface area contributed by atoms with Crippen molar-refractivity contribution in [2.24, 2.45) is 0 Å². The molecule has 1 N–H and O–H groups in total. The Labute approximate surface area is 224 Å². The highest BCUT2D eigenvalue weighted by Crippen LogP contribution is 2.40. The fraction of sp³-hybridized carbons (Fsp3) is 0.148. The largest absolute Gasteiger partial charge is 0.493 e. The van der Waals surface area contributed by atoms with Gasteiger partial charge in [0.1, 0.15) is 12.4 Å². The third kappa shape index (κ3) is 6.04. The molecule has 2 amide bonds. The topological polar surface area (TPSA) is 86.3 Å². The van der Waals surface area contributed by atoms with Gasteiger partial charge in [-0.25, -0.2) is 0 Å². The first kappa shape index (κ1) is 26.1. The number of carbonyl (C=O) groups is 2. The Balaban J connectivity index is 1.43. The predicted octanol–water partition coefficient (Wildman–Crippen LogP) is 4.84. The van der Waals surface area contributed by atoms with Gasteiger partial charge >= 0.3 is 0 Å². The molecule has 1 fully saturated rings. The smallest absolute Gasteiger partial charge is 0.285 e. The van der Waals surface area contributed by atoms with Gasteiger partial charge in [0.15, 0.2) is 15.8 Å². The van der Waals surface area contributed by atoms with Gasteiger partial charge in [0.2, 0.25) is 5.75 Å². The maximum absolute atomic E-state index is 13.0. The molecule has 1 aliphatic heterocycles. The van der Waals surface area contributed by atoms with Crippen molar-refractivity contribution in [2.75, 3.05) is 21.3 Å². The van der Waals surface area contributed by atoms with Crippen molar-refractivity contribution in [2.45, 2.75) is 6.61 Å². The Hall–Kier alpha value is -4.02.